The Morgan fingerprint density at radius 2 is 2.13 bits per heavy atom. The van der Waals surface area contributed by atoms with E-state index in [1.807, 2.05) is 0 Å². The summed E-state index contributed by atoms with van der Waals surface area (Å²) in [5.74, 6) is 0. The summed E-state index contributed by atoms with van der Waals surface area (Å²) < 4.78 is 36.1. The highest BCUT2D eigenvalue weighted by Crippen LogP contribution is 2.02. The Kier molecular flexibility index (Phi) is 3.56. The third kappa shape index (κ3) is 4.46. The van der Waals surface area contributed by atoms with Crippen LogP contribution in [0.15, 0.2) is 34.9 Å². The van der Waals surface area contributed by atoms with Gasteiger partial charge in [0.2, 0.25) is 0 Å². The second-order valence-electron chi connectivity index (χ2n) is 2.50. The standard InChI is InChI=1S/C8H9N3O3S/c9-10-11-15(12,13)14-7-6-8-4-2-1-3-5-8/h1-5H,6-7H2/i6D/t6-/m0/s1. The van der Waals surface area contributed by atoms with Crippen LogP contribution in [-0.4, -0.2) is 15.0 Å². The molecule has 0 amide bonds. The quantitative estimate of drug-likeness (QED) is 0.437. The van der Waals surface area contributed by atoms with Gasteiger partial charge in [0.1, 0.15) is 0 Å². The first-order valence-electron chi connectivity index (χ1n) is 4.56. The lowest BCUT2D eigenvalue weighted by Gasteiger charge is -2.00. The van der Waals surface area contributed by atoms with Gasteiger partial charge in [0, 0.05) is 6.28 Å². The molecule has 0 saturated carbocycles. The summed E-state index contributed by atoms with van der Waals surface area (Å²) in [4.78, 5) is 2.11. The van der Waals surface area contributed by atoms with E-state index in [4.69, 9.17) is 6.90 Å². The molecule has 80 valence electrons. The van der Waals surface area contributed by atoms with Gasteiger partial charge in [-0.25, -0.2) is 0 Å². The molecular weight excluding hydrogens is 218 g/mol. The maximum atomic E-state index is 10.8. The van der Waals surface area contributed by atoms with Gasteiger partial charge in [-0.2, -0.15) is 8.42 Å². The molecule has 0 aliphatic rings. The predicted molar refractivity (Wildman–Crippen MR) is 54.2 cm³/mol. The SMILES string of the molecule is [2H][C@@H](COS(=O)(=O)N=[N+]=[N-])c1ccccc1. The van der Waals surface area contributed by atoms with E-state index in [9.17, 15) is 8.42 Å². The van der Waals surface area contributed by atoms with Crippen molar-refractivity contribution in [3.63, 3.8) is 0 Å². The zero-order valence-corrected chi connectivity index (χ0v) is 8.46. The highest BCUT2D eigenvalue weighted by Gasteiger charge is 2.06. The lowest BCUT2D eigenvalue weighted by Crippen LogP contribution is -2.04. The van der Waals surface area contributed by atoms with Crippen LogP contribution in [0, 0.1) is 0 Å². The Bertz CT molecular complexity index is 485. The van der Waals surface area contributed by atoms with Gasteiger partial charge in [-0.1, -0.05) is 30.3 Å². The molecule has 1 aromatic carbocycles. The average Bonchev–Trinajstić information content (AvgIpc) is 2.27. The molecule has 0 aliphatic carbocycles. The number of rotatable bonds is 5. The average molecular weight is 228 g/mol. The normalized spacial score (nSPS) is 13.7. The molecule has 0 aromatic heterocycles. The smallest absolute Gasteiger partial charge is 0.264 e. The third-order valence-electron chi connectivity index (χ3n) is 1.47. The molecule has 15 heavy (non-hydrogen) atoms. The van der Waals surface area contributed by atoms with Gasteiger partial charge in [0.05, 0.1) is 11.1 Å². The molecule has 0 aliphatic heterocycles. The largest absolute Gasteiger partial charge is 0.358 e. The van der Waals surface area contributed by atoms with Crippen LogP contribution >= 0.6 is 0 Å². The van der Waals surface area contributed by atoms with Crippen LogP contribution in [0.2, 0.25) is 0 Å². The molecule has 0 unspecified atom stereocenters. The van der Waals surface area contributed by atoms with Crippen molar-refractivity contribution in [1.82, 2.24) is 0 Å². The second kappa shape index (κ2) is 5.35. The summed E-state index contributed by atoms with van der Waals surface area (Å²) >= 11 is 0. The van der Waals surface area contributed by atoms with E-state index in [0.29, 0.717) is 5.56 Å². The fourth-order valence-electron chi connectivity index (χ4n) is 0.874. The molecule has 0 radical (unpaired) electrons. The number of benzene rings is 1. The lowest BCUT2D eigenvalue weighted by molar-refractivity contribution is 0.322. The molecule has 6 nitrogen and oxygen atoms in total. The minimum atomic E-state index is -4.25. The van der Waals surface area contributed by atoms with E-state index in [-0.39, 0.29) is 6.61 Å². The summed E-state index contributed by atoms with van der Waals surface area (Å²) in [6.07, 6.45) is -0.843. The number of nitrogens with zero attached hydrogens (tertiary/aromatic N) is 3. The van der Waals surface area contributed by atoms with Crippen molar-refractivity contribution in [2.24, 2.45) is 4.52 Å². The van der Waals surface area contributed by atoms with Crippen LogP contribution in [0.3, 0.4) is 0 Å². The fraction of sp³-hybridized carbons (Fsp3) is 0.250. The van der Waals surface area contributed by atoms with E-state index in [1.165, 1.54) is 0 Å². The first-order chi connectivity index (χ1) is 7.55. The van der Waals surface area contributed by atoms with Crippen molar-refractivity contribution >= 4 is 10.3 Å². The summed E-state index contributed by atoms with van der Waals surface area (Å²) in [5.41, 5.74) is 8.56. The van der Waals surface area contributed by atoms with Gasteiger partial charge >= 0.3 is 10.3 Å². The molecule has 0 spiro atoms. The Hall–Kier alpha value is -1.56. The van der Waals surface area contributed by atoms with Crippen molar-refractivity contribution in [3.8, 4) is 0 Å². The van der Waals surface area contributed by atoms with E-state index in [1.54, 1.807) is 30.3 Å². The van der Waals surface area contributed by atoms with Gasteiger partial charge in [-0.3, -0.25) is 4.18 Å². The van der Waals surface area contributed by atoms with Gasteiger partial charge in [-0.15, -0.1) is 0 Å². The fourth-order valence-corrected chi connectivity index (χ4v) is 1.25. The monoisotopic (exact) mass is 228 g/mol. The Morgan fingerprint density at radius 3 is 2.73 bits per heavy atom. The summed E-state index contributed by atoms with van der Waals surface area (Å²) in [6.45, 7) is -0.384. The maximum Gasteiger partial charge on any atom is 0.358 e. The van der Waals surface area contributed by atoms with Gasteiger partial charge in [0.25, 0.3) is 0 Å². The summed E-state index contributed by atoms with van der Waals surface area (Å²) in [7, 11) is -4.25. The minimum Gasteiger partial charge on any atom is -0.264 e. The molecule has 0 saturated heterocycles. The van der Waals surface area contributed by atoms with Crippen molar-refractivity contribution in [3.05, 3.63) is 46.3 Å². The van der Waals surface area contributed by atoms with Crippen LogP contribution in [0.25, 0.3) is 10.4 Å². The minimum absolute atomic E-state index is 0.384. The van der Waals surface area contributed by atoms with Crippen molar-refractivity contribution in [2.45, 2.75) is 6.40 Å². The molecule has 0 heterocycles. The Balaban J connectivity index is 2.61. The Labute approximate surface area is 88.8 Å². The van der Waals surface area contributed by atoms with Gasteiger partial charge < -0.3 is 0 Å². The highest BCUT2D eigenvalue weighted by atomic mass is 32.2. The number of hydrogen-bond acceptors (Lipinski definition) is 3. The van der Waals surface area contributed by atoms with Crippen LogP contribution in [0.4, 0.5) is 0 Å². The van der Waals surface area contributed by atoms with Crippen LogP contribution in [-0.2, 0) is 20.9 Å². The third-order valence-corrected chi connectivity index (χ3v) is 2.18. The van der Waals surface area contributed by atoms with E-state index in [0.717, 1.165) is 0 Å². The van der Waals surface area contributed by atoms with Crippen molar-refractivity contribution in [1.29, 1.82) is 0 Å². The molecule has 0 N–H and O–H groups in total. The predicted octanol–water partition coefficient (Wildman–Crippen LogP) is 1.80. The topological polar surface area (TPSA) is 92.1 Å². The van der Waals surface area contributed by atoms with Crippen LogP contribution < -0.4 is 0 Å². The van der Waals surface area contributed by atoms with E-state index < -0.39 is 16.7 Å². The zero-order chi connectivity index (χ0) is 12.0. The number of azide groups is 1. The molecular formula is C8H9N3O3S. The van der Waals surface area contributed by atoms with E-state index >= 15 is 0 Å². The number of hydrogen-bond donors (Lipinski definition) is 0. The maximum absolute atomic E-state index is 10.8. The summed E-state index contributed by atoms with van der Waals surface area (Å²) in [6, 6.07) is 8.62. The van der Waals surface area contributed by atoms with Crippen molar-refractivity contribution < 1.29 is 14.0 Å². The summed E-state index contributed by atoms with van der Waals surface area (Å²) in [5, 5.41) is 0. The van der Waals surface area contributed by atoms with E-state index in [2.05, 4.69) is 13.6 Å². The van der Waals surface area contributed by atoms with Gasteiger partial charge in [-0.05, 0) is 17.5 Å². The molecule has 0 fully saturated rings. The molecule has 1 aromatic rings. The van der Waals surface area contributed by atoms with Crippen LogP contribution in [0.1, 0.15) is 6.93 Å². The molecule has 7 heteroatoms. The highest BCUT2D eigenvalue weighted by molar-refractivity contribution is 7.85. The first-order valence-corrected chi connectivity index (χ1v) is 5.34. The lowest BCUT2D eigenvalue weighted by atomic mass is 10.2. The Morgan fingerprint density at radius 1 is 1.47 bits per heavy atom. The zero-order valence-electron chi connectivity index (χ0n) is 8.65. The molecule has 1 rings (SSSR count). The van der Waals surface area contributed by atoms with Crippen LogP contribution in [0.5, 0.6) is 0 Å². The second-order valence-corrected chi connectivity index (χ2v) is 3.75. The first kappa shape index (κ1) is 9.97. The van der Waals surface area contributed by atoms with Crippen molar-refractivity contribution in [2.75, 3.05) is 6.61 Å². The molecule has 1 atom stereocenters. The molecule has 0 bridgehead atoms. The van der Waals surface area contributed by atoms with Gasteiger partial charge in [0.15, 0.2) is 0 Å².